The molecule has 0 unspecified atom stereocenters. The molecule has 1 atom stereocenters. The second-order valence-electron chi connectivity index (χ2n) is 6.92. The van der Waals surface area contributed by atoms with Crippen LogP contribution in [0.5, 0.6) is 0 Å². The van der Waals surface area contributed by atoms with E-state index in [0.717, 1.165) is 31.8 Å². The molecule has 0 spiro atoms. The highest BCUT2D eigenvalue weighted by Gasteiger charge is 2.35. The Balaban J connectivity index is 1.67. The third-order valence-corrected chi connectivity index (χ3v) is 7.20. The summed E-state index contributed by atoms with van der Waals surface area (Å²) in [6, 6.07) is 4.85. The number of carbonyl (C=O) groups is 1. The molecule has 0 radical (unpaired) electrons. The first kappa shape index (κ1) is 19.3. The number of hydrogen-bond acceptors (Lipinski definition) is 4. The summed E-state index contributed by atoms with van der Waals surface area (Å²) in [6.07, 6.45) is 1.37. The Kier molecular flexibility index (Phi) is 5.94. The molecule has 2 fully saturated rings. The van der Waals surface area contributed by atoms with E-state index in [-0.39, 0.29) is 23.3 Å². The minimum Gasteiger partial charge on any atom is -0.340 e. The molecule has 2 aliphatic rings. The zero-order chi connectivity index (χ0) is 18.7. The summed E-state index contributed by atoms with van der Waals surface area (Å²) in [7, 11) is -3.70. The van der Waals surface area contributed by atoms with Crippen molar-refractivity contribution in [3.05, 3.63) is 30.1 Å². The number of halogens is 1. The summed E-state index contributed by atoms with van der Waals surface area (Å²) in [5, 5.41) is 0. The van der Waals surface area contributed by atoms with E-state index in [2.05, 4.69) is 11.8 Å². The van der Waals surface area contributed by atoms with Crippen molar-refractivity contribution in [2.75, 3.05) is 45.8 Å². The van der Waals surface area contributed by atoms with E-state index in [1.165, 1.54) is 16.4 Å². The van der Waals surface area contributed by atoms with Crippen molar-refractivity contribution in [3.8, 4) is 0 Å². The van der Waals surface area contributed by atoms with Gasteiger partial charge in [-0.1, -0.05) is 6.92 Å². The van der Waals surface area contributed by atoms with Crippen LogP contribution in [0.4, 0.5) is 4.39 Å². The number of rotatable bonds is 4. The van der Waals surface area contributed by atoms with Crippen LogP contribution in [-0.4, -0.2) is 74.2 Å². The van der Waals surface area contributed by atoms with E-state index in [1.54, 1.807) is 0 Å². The minimum atomic E-state index is -3.70. The molecule has 2 saturated heterocycles. The van der Waals surface area contributed by atoms with Crippen molar-refractivity contribution in [3.63, 3.8) is 0 Å². The highest BCUT2D eigenvalue weighted by Crippen LogP contribution is 2.25. The lowest BCUT2D eigenvalue weighted by Crippen LogP contribution is -2.52. The van der Waals surface area contributed by atoms with Crippen LogP contribution >= 0.6 is 0 Å². The van der Waals surface area contributed by atoms with Gasteiger partial charge in [0.25, 0.3) is 0 Å². The number of piperazine rings is 1. The highest BCUT2D eigenvalue weighted by molar-refractivity contribution is 7.89. The van der Waals surface area contributed by atoms with Crippen LogP contribution in [0.25, 0.3) is 0 Å². The molecule has 0 bridgehead atoms. The SMILES string of the molecule is CCN1CCN(C(=O)[C@@H]2CCCN(S(=O)(=O)c3ccc(F)cc3)C2)CC1. The van der Waals surface area contributed by atoms with Crippen molar-refractivity contribution >= 4 is 15.9 Å². The van der Waals surface area contributed by atoms with Gasteiger partial charge in [-0.15, -0.1) is 0 Å². The smallest absolute Gasteiger partial charge is 0.243 e. The maximum Gasteiger partial charge on any atom is 0.243 e. The third-order valence-electron chi connectivity index (χ3n) is 5.32. The van der Waals surface area contributed by atoms with E-state index in [4.69, 9.17) is 0 Å². The first-order valence-corrected chi connectivity index (χ1v) is 10.6. The number of piperidine rings is 1. The molecule has 1 amide bonds. The van der Waals surface area contributed by atoms with Gasteiger partial charge < -0.3 is 9.80 Å². The summed E-state index contributed by atoms with van der Waals surface area (Å²) >= 11 is 0. The van der Waals surface area contributed by atoms with E-state index in [9.17, 15) is 17.6 Å². The first-order valence-electron chi connectivity index (χ1n) is 9.18. The summed E-state index contributed by atoms with van der Waals surface area (Å²) < 4.78 is 40.0. The van der Waals surface area contributed by atoms with Gasteiger partial charge in [0.2, 0.25) is 15.9 Å². The van der Waals surface area contributed by atoms with Gasteiger partial charge in [-0.2, -0.15) is 4.31 Å². The molecule has 2 aliphatic heterocycles. The topological polar surface area (TPSA) is 60.9 Å². The predicted octanol–water partition coefficient (Wildman–Crippen LogP) is 1.39. The maximum atomic E-state index is 13.1. The Bertz CT molecular complexity index is 731. The zero-order valence-electron chi connectivity index (χ0n) is 15.1. The van der Waals surface area contributed by atoms with E-state index < -0.39 is 15.8 Å². The summed E-state index contributed by atoms with van der Waals surface area (Å²) in [6.45, 7) is 6.83. The zero-order valence-corrected chi connectivity index (χ0v) is 15.9. The average Bonchev–Trinajstić information content (AvgIpc) is 2.68. The summed E-state index contributed by atoms with van der Waals surface area (Å²) in [5.41, 5.74) is 0. The number of carbonyl (C=O) groups excluding carboxylic acids is 1. The molecule has 3 rings (SSSR count). The summed E-state index contributed by atoms with van der Waals surface area (Å²) in [4.78, 5) is 17.1. The molecule has 0 aromatic heterocycles. The van der Waals surface area contributed by atoms with Crippen LogP contribution in [-0.2, 0) is 14.8 Å². The molecule has 6 nitrogen and oxygen atoms in total. The molecule has 0 aliphatic carbocycles. The van der Waals surface area contributed by atoms with Crippen LogP contribution in [0, 0.1) is 11.7 Å². The fraction of sp³-hybridized carbons (Fsp3) is 0.611. The normalized spacial score (nSPS) is 23.2. The largest absolute Gasteiger partial charge is 0.340 e. The predicted molar refractivity (Wildman–Crippen MR) is 96.6 cm³/mol. The van der Waals surface area contributed by atoms with Crippen LogP contribution in [0.15, 0.2) is 29.2 Å². The van der Waals surface area contributed by atoms with Gasteiger partial charge in [-0.25, -0.2) is 12.8 Å². The van der Waals surface area contributed by atoms with Crippen LogP contribution in [0.1, 0.15) is 19.8 Å². The van der Waals surface area contributed by atoms with Gasteiger partial charge in [0.1, 0.15) is 5.82 Å². The van der Waals surface area contributed by atoms with Gasteiger partial charge in [-0.3, -0.25) is 4.79 Å². The van der Waals surface area contributed by atoms with Gasteiger partial charge in [0.15, 0.2) is 0 Å². The molecule has 0 N–H and O–H groups in total. The molecule has 8 heteroatoms. The quantitative estimate of drug-likeness (QED) is 0.788. The fourth-order valence-corrected chi connectivity index (χ4v) is 5.18. The minimum absolute atomic E-state index is 0.0553. The molecule has 26 heavy (non-hydrogen) atoms. The number of sulfonamides is 1. The molecule has 2 heterocycles. The lowest BCUT2D eigenvalue weighted by molar-refractivity contribution is -0.138. The third kappa shape index (κ3) is 4.07. The Morgan fingerprint density at radius 2 is 1.77 bits per heavy atom. The second-order valence-corrected chi connectivity index (χ2v) is 8.85. The fourth-order valence-electron chi connectivity index (χ4n) is 3.66. The molecule has 1 aromatic carbocycles. The Labute approximate surface area is 154 Å². The number of likely N-dealkylation sites (N-methyl/N-ethyl adjacent to an activating group) is 1. The molecular formula is C18H26FN3O3S. The van der Waals surface area contributed by atoms with Crippen molar-refractivity contribution in [1.29, 1.82) is 0 Å². The summed E-state index contributed by atoms with van der Waals surface area (Å²) in [5.74, 6) is -0.714. The average molecular weight is 383 g/mol. The molecule has 144 valence electrons. The molecular weight excluding hydrogens is 357 g/mol. The van der Waals surface area contributed by atoms with Crippen molar-refractivity contribution < 1.29 is 17.6 Å². The molecule has 1 aromatic rings. The first-order chi connectivity index (χ1) is 12.4. The van der Waals surface area contributed by atoms with Crippen LogP contribution in [0.2, 0.25) is 0 Å². The Hall–Kier alpha value is -1.51. The van der Waals surface area contributed by atoms with Gasteiger partial charge in [0, 0.05) is 39.3 Å². The van der Waals surface area contributed by atoms with E-state index in [1.807, 2.05) is 4.90 Å². The molecule has 0 saturated carbocycles. The lowest BCUT2D eigenvalue weighted by Gasteiger charge is -2.38. The van der Waals surface area contributed by atoms with E-state index in [0.29, 0.717) is 32.5 Å². The van der Waals surface area contributed by atoms with Crippen LogP contribution in [0.3, 0.4) is 0 Å². The number of nitrogens with zero attached hydrogens (tertiary/aromatic N) is 3. The van der Waals surface area contributed by atoms with E-state index >= 15 is 0 Å². The number of hydrogen-bond donors (Lipinski definition) is 0. The maximum absolute atomic E-state index is 13.1. The number of benzene rings is 1. The Morgan fingerprint density at radius 1 is 1.12 bits per heavy atom. The van der Waals surface area contributed by atoms with Crippen molar-refractivity contribution in [1.82, 2.24) is 14.1 Å². The van der Waals surface area contributed by atoms with Gasteiger partial charge in [0.05, 0.1) is 10.8 Å². The highest BCUT2D eigenvalue weighted by atomic mass is 32.2. The standard InChI is InChI=1S/C18H26FN3O3S/c1-2-20-10-12-21(13-11-20)18(23)15-4-3-9-22(14-15)26(24,25)17-7-5-16(19)6-8-17/h5-8,15H,2-4,9-14H2,1H3/t15-/m1/s1. The van der Waals surface area contributed by atoms with Crippen molar-refractivity contribution in [2.45, 2.75) is 24.7 Å². The lowest BCUT2D eigenvalue weighted by atomic mass is 9.98. The number of amides is 1. The van der Waals surface area contributed by atoms with Gasteiger partial charge >= 0.3 is 0 Å². The van der Waals surface area contributed by atoms with Crippen molar-refractivity contribution in [2.24, 2.45) is 5.92 Å². The monoisotopic (exact) mass is 383 g/mol. The Morgan fingerprint density at radius 3 is 2.38 bits per heavy atom. The van der Waals surface area contributed by atoms with Crippen LogP contribution < -0.4 is 0 Å². The second kappa shape index (κ2) is 8.02. The van der Waals surface area contributed by atoms with Gasteiger partial charge in [-0.05, 0) is 43.7 Å².